The van der Waals surface area contributed by atoms with Crippen LogP contribution in [0.4, 0.5) is 0 Å². The first kappa shape index (κ1) is 24.3. The molecule has 0 aliphatic heterocycles. The summed E-state index contributed by atoms with van der Waals surface area (Å²) in [6.45, 7) is 6.02. The quantitative estimate of drug-likeness (QED) is 0.132. The SMILES string of the molecule is C#CCO/N=C(\C)CC1C(C(=O)OC(C(N)=S)c2cccc(Oc3ccccc3)c2)C1(C)C. The number of oxime groups is 1. The van der Waals surface area contributed by atoms with Gasteiger partial charge in [0.05, 0.1) is 11.6 Å². The second kappa shape index (κ2) is 10.5. The molecule has 0 radical (unpaired) electrons. The van der Waals surface area contributed by atoms with Gasteiger partial charge in [-0.15, -0.1) is 6.42 Å². The molecule has 0 amide bonds. The highest BCUT2D eigenvalue weighted by Gasteiger charge is 2.62. The van der Waals surface area contributed by atoms with Crippen LogP contribution in [-0.4, -0.2) is 23.3 Å². The van der Waals surface area contributed by atoms with E-state index in [1.165, 1.54) is 0 Å². The molecule has 0 heterocycles. The van der Waals surface area contributed by atoms with Crippen LogP contribution in [0.15, 0.2) is 59.8 Å². The number of hydrogen-bond donors (Lipinski definition) is 1. The number of para-hydroxylation sites is 1. The molecular weight excluding hydrogens is 436 g/mol. The zero-order valence-electron chi connectivity index (χ0n) is 19.0. The summed E-state index contributed by atoms with van der Waals surface area (Å²) < 4.78 is 11.7. The summed E-state index contributed by atoms with van der Waals surface area (Å²) in [6, 6.07) is 16.6. The van der Waals surface area contributed by atoms with Crippen LogP contribution in [0.1, 0.15) is 38.9 Å². The maximum Gasteiger partial charge on any atom is 0.310 e. The highest BCUT2D eigenvalue weighted by atomic mass is 32.1. The number of hydrogen-bond acceptors (Lipinski definition) is 6. The van der Waals surface area contributed by atoms with Crippen molar-refractivity contribution in [3.63, 3.8) is 0 Å². The molecule has 0 saturated heterocycles. The van der Waals surface area contributed by atoms with E-state index in [0.29, 0.717) is 23.5 Å². The number of rotatable bonds is 10. The van der Waals surface area contributed by atoms with Gasteiger partial charge < -0.3 is 20.0 Å². The molecule has 1 aliphatic carbocycles. The lowest BCUT2D eigenvalue weighted by Gasteiger charge is -2.18. The van der Waals surface area contributed by atoms with Crippen LogP contribution in [0, 0.1) is 29.6 Å². The molecule has 2 aromatic carbocycles. The zero-order chi connectivity index (χ0) is 24.0. The van der Waals surface area contributed by atoms with E-state index in [4.69, 9.17) is 38.7 Å². The lowest BCUT2D eigenvalue weighted by Crippen LogP contribution is -2.26. The van der Waals surface area contributed by atoms with Crippen molar-refractivity contribution in [1.29, 1.82) is 0 Å². The molecule has 1 aliphatic rings. The summed E-state index contributed by atoms with van der Waals surface area (Å²) in [5, 5.41) is 4.00. The lowest BCUT2D eigenvalue weighted by atomic mass is 10.1. The van der Waals surface area contributed by atoms with E-state index in [1.54, 1.807) is 6.07 Å². The number of carbonyl (C=O) groups is 1. The van der Waals surface area contributed by atoms with E-state index < -0.39 is 6.10 Å². The molecule has 2 N–H and O–H groups in total. The van der Waals surface area contributed by atoms with Gasteiger partial charge in [-0.1, -0.05) is 67.5 Å². The summed E-state index contributed by atoms with van der Waals surface area (Å²) in [4.78, 5) is 18.2. The van der Waals surface area contributed by atoms with Crippen molar-refractivity contribution in [2.75, 3.05) is 6.61 Å². The van der Waals surface area contributed by atoms with Crippen LogP contribution in [0.3, 0.4) is 0 Å². The largest absolute Gasteiger partial charge is 0.457 e. The van der Waals surface area contributed by atoms with Crippen LogP contribution in [0.2, 0.25) is 0 Å². The Labute approximate surface area is 200 Å². The fraction of sp³-hybridized carbons (Fsp3) is 0.346. The van der Waals surface area contributed by atoms with E-state index in [1.807, 2.05) is 69.3 Å². The fourth-order valence-electron chi connectivity index (χ4n) is 3.97. The van der Waals surface area contributed by atoms with Gasteiger partial charge in [-0.05, 0) is 48.9 Å². The molecule has 1 fully saturated rings. The summed E-state index contributed by atoms with van der Waals surface area (Å²) in [5.41, 5.74) is 7.14. The zero-order valence-corrected chi connectivity index (χ0v) is 19.8. The molecule has 0 aromatic heterocycles. The third-order valence-corrected chi connectivity index (χ3v) is 6.03. The van der Waals surface area contributed by atoms with Gasteiger partial charge in [0.1, 0.15) is 16.5 Å². The maximum absolute atomic E-state index is 13.1. The average Bonchev–Trinajstić information content (AvgIpc) is 3.32. The van der Waals surface area contributed by atoms with Crippen LogP contribution in [0.25, 0.3) is 0 Å². The molecule has 2 aromatic rings. The smallest absolute Gasteiger partial charge is 0.310 e. The molecule has 0 spiro atoms. The van der Waals surface area contributed by atoms with Gasteiger partial charge in [0.15, 0.2) is 12.7 Å². The van der Waals surface area contributed by atoms with Crippen LogP contribution in [-0.2, 0) is 14.4 Å². The van der Waals surface area contributed by atoms with Crippen LogP contribution in [0.5, 0.6) is 11.5 Å². The van der Waals surface area contributed by atoms with Gasteiger partial charge in [-0.25, -0.2) is 0 Å². The summed E-state index contributed by atoms with van der Waals surface area (Å²) in [6.07, 6.45) is 4.92. The molecule has 33 heavy (non-hydrogen) atoms. The van der Waals surface area contributed by atoms with Crippen molar-refractivity contribution < 1.29 is 19.1 Å². The Hall–Kier alpha value is -3.37. The van der Waals surface area contributed by atoms with E-state index in [0.717, 1.165) is 5.71 Å². The first-order chi connectivity index (χ1) is 15.7. The highest BCUT2D eigenvalue weighted by Crippen LogP contribution is 2.60. The van der Waals surface area contributed by atoms with Gasteiger partial charge in [-0.3, -0.25) is 4.79 Å². The van der Waals surface area contributed by atoms with E-state index in [-0.39, 0.29) is 34.8 Å². The molecule has 3 unspecified atom stereocenters. The standard InChI is InChI=1S/C26H28N2O4S/c1-5-14-30-28-17(2)15-21-22(26(21,3)4)25(29)32-23(24(27)33)18-10-9-13-20(16-18)31-19-11-7-6-8-12-19/h1,6-13,16,21-23H,14-15H2,2-4H3,(H2,27,33)/b28-17+. The number of nitrogens with zero attached hydrogens (tertiary/aromatic N) is 1. The number of ether oxygens (including phenoxy) is 2. The predicted molar refractivity (Wildman–Crippen MR) is 132 cm³/mol. The average molecular weight is 465 g/mol. The second-order valence-electron chi connectivity index (χ2n) is 8.62. The molecule has 3 rings (SSSR count). The first-order valence-electron chi connectivity index (χ1n) is 10.7. The van der Waals surface area contributed by atoms with E-state index in [2.05, 4.69) is 11.1 Å². The third-order valence-electron chi connectivity index (χ3n) is 5.82. The third kappa shape index (κ3) is 6.11. The minimum Gasteiger partial charge on any atom is -0.457 e. The molecule has 3 atom stereocenters. The summed E-state index contributed by atoms with van der Waals surface area (Å²) in [5.74, 6) is 3.10. The normalized spacial score (nSPS) is 19.6. The van der Waals surface area contributed by atoms with Crippen molar-refractivity contribution in [2.24, 2.45) is 28.1 Å². The van der Waals surface area contributed by atoms with Crippen LogP contribution >= 0.6 is 12.2 Å². The topological polar surface area (TPSA) is 83.1 Å². The minimum atomic E-state index is -0.849. The molecule has 0 bridgehead atoms. The Morgan fingerprint density at radius 3 is 2.58 bits per heavy atom. The Morgan fingerprint density at radius 2 is 1.91 bits per heavy atom. The monoisotopic (exact) mass is 464 g/mol. The van der Waals surface area contributed by atoms with Crippen molar-refractivity contribution in [2.45, 2.75) is 33.3 Å². The van der Waals surface area contributed by atoms with Crippen molar-refractivity contribution in [3.8, 4) is 23.8 Å². The predicted octanol–water partition coefficient (Wildman–Crippen LogP) is 5.04. The number of nitrogens with two attached hydrogens (primary N) is 1. The number of terminal acetylenes is 1. The van der Waals surface area contributed by atoms with Gasteiger partial charge in [0.25, 0.3) is 0 Å². The Balaban J connectivity index is 1.69. The number of thiocarbonyl (C=S) groups is 1. The molecule has 172 valence electrons. The van der Waals surface area contributed by atoms with Crippen molar-refractivity contribution >= 4 is 28.9 Å². The molecular formula is C26H28N2O4S. The van der Waals surface area contributed by atoms with Gasteiger partial charge in [0, 0.05) is 5.56 Å². The second-order valence-corrected chi connectivity index (χ2v) is 9.09. The van der Waals surface area contributed by atoms with Gasteiger partial charge in [0.2, 0.25) is 0 Å². The summed E-state index contributed by atoms with van der Waals surface area (Å²) in [7, 11) is 0. The minimum absolute atomic E-state index is 0.0722. The van der Waals surface area contributed by atoms with Crippen molar-refractivity contribution in [1.82, 2.24) is 0 Å². The number of esters is 1. The molecule has 6 nitrogen and oxygen atoms in total. The highest BCUT2D eigenvalue weighted by molar-refractivity contribution is 7.80. The fourth-order valence-corrected chi connectivity index (χ4v) is 4.16. The van der Waals surface area contributed by atoms with Crippen LogP contribution < -0.4 is 10.5 Å². The Kier molecular flexibility index (Phi) is 7.72. The van der Waals surface area contributed by atoms with E-state index >= 15 is 0 Å². The molecule has 1 saturated carbocycles. The summed E-state index contributed by atoms with van der Waals surface area (Å²) >= 11 is 5.22. The Morgan fingerprint density at radius 1 is 1.21 bits per heavy atom. The number of carbonyl (C=O) groups excluding carboxylic acids is 1. The van der Waals surface area contributed by atoms with Gasteiger partial charge in [-0.2, -0.15) is 0 Å². The van der Waals surface area contributed by atoms with E-state index in [9.17, 15) is 4.79 Å². The number of benzene rings is 2. The lowest BCUT2D eigenvalue weighted by molar-refractivity contribution is -0.149. The molecule has 7 heteroatoms. The Bertz CT molecular complexity index is 1080. The van der Waals surface area contributed by atoms with Crippen molar-refractivity contribution in [3.05, 3.63) is 60.2 Å². The van der Waals surface area contributed by atoms with Gasteiger partial charge >= 0.3 is 5.97 Å². The maximum atomic E-state index is 13.1. The first-order valence-corrected chi connectivity index (χ1v) is 11.1.